The molecule has 0 aliphatic rings. The van der Waals surface area contributed by atoms with Gasteiger partial charge >= 0.3 is 5.97 Å². The number of hydrogen-bond acceptors (Lipinski definition) is 6. The lowest BCUT2D eigenvalue weighted by Gasteiger charge is -2.22. The Balaban J connectivity index is 2.35. The van der Waals surface area contributed by atoms with Gasteiger partial charge in [0.2, 0.25) is 0 Å². The predicted octanol–water partition coefficient (Wildman–Crippen LogP) is 3.67. The van der Waals surface area contributed by atoms with Crippen LogP contribution in [0.15, 0.2) is 24.3 Å². The molecule has 180 valence electrons. The molecule has 2 rings (SSSR count). The van der Waals surface area contributed by atoms with E-state index in [0.29, 0.717) is 66.6 Å². The molecule has 2 aromatic rings. The minimum atomic E-state index is -0.487. The number of amides is 1. The first-order chi connectivity index (χ1) is 15.8. The van der Waals surface area contributed by atoms with Gasteiger partial charge in [0.15, 0.2) is 5.78 Å². The van der Waals surface area contributed by atoms with Crippen LogP contribution in [0, 0.1) is 13.8 Å². The number of carbonyl (C=O) groups is 3. The van der Waals surface area contributed by atoms with Gasteiger partial charge in [-0.15, -0.1) is 0 Å². The molecule has 0 N–H and O–H groups in total. The van der Waals surface area contributed by atoms with Crippen LogP contribution >= 0.6 is 0 Å². The highest BCUT2D eigenvalue weighted by atomic mass is 16.5. The summed E-state index contributed by atoms with van der Waals surface area (Å²) in [4.78, 5) is 40.5. The number of aromatic nitrogens is 1. The molecular weight excluding hydrogens is 424 g/mol. The molecule has 0 atom stereocenters. The Labute approximate surface area is 195 Å². The lowest BCUT2D eigenvalue weighted by Crippen LogP contribution is -2.37. The van der Waals surface area contributed by atoms with Crippen molar-refractivity contribution in [3.8, 4) is 5.75 Å². The van der Waals surface area contributed by atoms with Crippen LogP contribution < -0.4 is 4.74 Å². The Morgan fingerprint density at radius 3 is 2.24 bits per heavy atom. The Kier molecular flexibility index (Phi) is 9.66. The first-order valence-electron chi connectivity index (χ1n) is 11.1. The van der Waals surface area contributed by atoms with Crippen molar-refractivity contribution in [2.45, 2.75) is 40.7 Å². The second-order valence-electron chi connectivity index (χ2n) is 7.60. The van der Waals surface area contributed by atoms with Gasteiger partial charge in [-0.3, -0.25) is 9.59 Å². The molecule has 0 saturated heterocycles. The highest BCUT2D eigenvalue weighted by Gasteiger charge is 2.28. The predicted molar refractivity (Wildman–Crippen MR) is 125 cm³/mol. The van der Waals surface area contributed by atoms with Crippen LogP contribution in [0.5, 0.6) is 5.75 Å². The van der Waals surface area contributed by atoms with Gasteiger partial charge in [0, 0.05) is 43.1 Å². The van der Waals surface area contributed by atoms with E-state index in [1.165, 1.54) is 12.0 Å². The summed E-state index contributed by atoms with van der Waals surface area (Å²) in [5.41, 5.74) is 2.54. The molecule has 1 heterocycles. The standard InChI is InChI=1S/C25H34N2O6/c1-7-27-18(4)22(17(3)23(27)25(30)32-6)21(28)16-26(14-9-15-33-8-2)24(29)19-10-12-20(31-5)13-11-19/h10-13H,7-9,14-16H2,1-6H3. The number of hydrogen-bond donors (Lipinski definition) is 0. The maximum atomic E-state index is 13.4. The molecule has 0 aliphatic carbocycles. The SMILES string of the molecule is CCOCCCN(CC(=O)c1c(C)c(C(=O)OC)n(CC)c1C)C(=O)c1ccc(OC)cc1. The Hall–Kier alpha value is -3.13. The summed E-state index contributed by atoms with van der Waals surface area (Å²) < 4.78 is 17.3. The fourth-order valence-corrected chi connectivity index (χ4v) is 3.98. The van der Waals surface area contributed by atoms with Crippen LogP contribution in [0.4, 0.5) is 0 Å². The molecule has 0 radical (unpaired) electrons. The number of benzene rings is 1. The zero-order valence-corrected chi connectivity index (χ0v) is 20.4. The highest BCUT2D eigenvalue weighted by Crippen LogP contribution is 2.24. The molecule has 0 aliphatic heterocycles. The van der Waals surface area contributed by atoms with Gasteiger partial charge < -0.3 is 23.7 Å². The molecule has 1 aromatic heterocycles. The molecule has 0 fully saturated rings. The number of nitrogens with zero attached hydrogens (tertiary/aromatic N) is 2. The van der Waals surface area contributed by atoms with Gasteiger partial charge in [-0.1, -0.05) is 0 Å². The highest BCUT2D eigenvalue weighted by molar-refractivity contribution is 6.06. The Morgan fingerprint density at radius 1 is 1.03 bits per heavy atom. The van der Waals surface area contributed by atoms with Crippen molar-refractivity contribution in [3.05, 3.63) is 52.3 Å². The third-order valence-corrected chi connectivity index (χ3v) is 5.62. The lowest BCUT2D eigenvalue weighted by atomic mass is 10.0. The van der Waals surface area contributed by atoms with Crippen molar-refractivity contribution in [3.63, 3.8) is 0 Å². The Bertz CT molecular complexity index is 978. The minimum Gasteiger partial charge on any atom is -0.497 e. The van der Waals surface area contributed by atoms with Gasteiger partial charge in [0.1, 0.15) is 11.4 Å². The molecule has 8 heteroatoms. The number of rotatable bonds is 12. The van der Waals surface area contributed by atoms with E-state index in [1.54, 1.807) is 49.8 Å². The second kappa shape index (κ2) is 12.2. The largest absolute Gasteiger partial charge is 0.497 e. The van der Waals surface area contributed by atoms with Crippen LogP contribution in [0.3, 0.4) is 0 Å². The zero-order chi connectivity index (χ0) is 24.5. The summed E-state index contributed by atoms with van der Waals surface area (Å²) in [5, 5.41) is 0. The summed E-state index contributed by atoms with van der Waals surface area (Å²) >= 11 is 0. The molecular formula is C25H34N2O6. The Morgan fingerprint density at radius 2 is 1.70 bits per heavy atom. The van der Waals surface area contributed by atoms with E-state index >= 15 is 0 Å². The monoisotopic (exact) mass is 458 g/mol. The van der Waals surface area contributed by atoms with Gasteiger partial charge in [-0.2, -0.15) is 0 Å². The van der Waals surface area contributed by atoms with Crippen molar-refractivity contribution >= 4 is 17.7 Å². The molecule has 0 spiro atoms. The maximum absolute atomic E-state index is 13.4. The minimum absolute atomic E-state index is 0.104. The quantitative estimate of drug-likeness (QED) is 0.274. The number of esters is 1. The first-order valence-corrected chi connectivity index (χ1v) is 11.1. The molecule has 0 saturated carbocycles. The lowest BCUT2D eigenvalue weighted by molar-refractivity contribution is 0.0587. The van der Waals surface area contributed by atoms with Crippen LogP contribution in [0.2, 0.25) is 0 Å². The fraction of sp³-hybridized carbons (Fsp3) is 0.480. The van der Waals surface area contributed by atoms with Gasteiger partial charge in [-0.05, 0) is 63.9 Å². The summed E-state index contributed by atoms with van der Waals surface area (Å²) in [7, 11) is 2.88. The van der Waals surface area contributed by atoms with Gasteiger partial charge in [0.05, 0.1) is 20.8 Å². The van der Waals surface area contributed by atoms with E-state index in [1.807, 2.05) is 13.8 Å². The average Bonchev–Trinajstić information content (AvgIpc) is 3.09. The van der Waals surface area contributed by atoms with Crippen LogP contribution in [-0.4, -0.2) is 67.6 Å². The molecule has 1 amide bonds. The summed E-state index contributed by atoms with van der Waals surface area (Å²) in [6, 6.07) is 6.79. The zero-order valence-electron chi connectivity index (χ0n) is 20.4. The first kappa shape index (κ1) is 26.1. The van der Waals surface area contributed by atoms with Gasteiger partial charge in [-0.25, -0.2) is 4.79 Å². The van der Waals surface area contributed by atoms with E-state index in [2.05, 4.69) is 0 Å². The third-order valence-electron chi connectivity index (χ3n) is 5.62. The average molecular weight is 459 g/mol. The molecule has 8 nitrogen and oxygen atoms in total. The second-order valence-corrected chi connectivity index (χ2v) is 7.60. The van der Waals surface area contributed by atoms with Crippen LogP contribution in [-0.2, 0) is 16.0 Å². The normalized spacial score (nSPS) is 10.7. The van der Waals surface area contributed by atoms with E-state index in [4.69, 9.17) is 14.2 Å². The molecule has 0 bridgehead atoms. The van der Waals surface area contributed by atoms with E-state index < -0.39 is 5.97 Å². The molecule has 1 aromatic carbocycles. The van der Waals surface area contributed by atoms with Gasteiger partial charge in [0.25, 0.3) is 5.91 Å². The summed E-state index contributed by atoms with van der Waals surface area (Å²) in [6.07, 6.45) is 0.602. The number of carbonyl (C=O) groups excluding carboxylic acids is 3. The van der Waals surface area contributed by atoms with Crippen molar-refractivity contribution < 1.29 is 28.6 Å². The van der Waals surface area contributed by atoms with Crippen molar-refractivity contribution in [2.24, 2.45) is 0 Å². The summed E-state index contributed by atoms with van der Waals surface area (Å²) in [6.45, 7) is 9.23. The number of ketones is 1. The van der Waals surface area contributed by atoms with Crippen LogP contribution in [0.25, 0.3) is 0 Å². The smallest absolute Gasteiger partial charge is 0.354 e. The van der Waals surface area contributed by atoms with E-state index in [9.17, 15) is 14.4 Å². The van der Waals surface area contributed by atoms with Crippen molar-refractivity contribution in [1.29, 1.82) is 0 Å². The van der Waals surface area contributed by atoms with Crippen molar-refractivity contribution in [2.75, 3.05) is 40.5 Å². The summed E-state index contributed by atoms with van der Waals surface area (Å²) in [5.74, 6) is -0.311. The molecule has 0 unspecified atom stereocenters. The van der Waals surface area contributed by atoms with E-state index in [-0.39, 0.29) is 18.2 Å². The fourth-order valence-electron chi connectivity index (χ4n) is 3.98. The molecule has 33 heavy (non-hydrogen) atoms. The van der Waals surface area contributed by atoms with E-state index in [0.717, 1.165) is 0 Å². The third kappa shape index (κ3) is 6.01. The maximum Gasteiger partial charge on any atom is 0.354 e. The van der Waals surface area contributed by atoms with Crippen LogP contribution in [0.1, 0.15) is 62.7 Å². The number of ether oxygens (including phenoxy) is 3. The van der Waals surface area contributed by atoms with Crippen molar-refractivity contribution in [1.82, 2.24) is 9.47 Å². The topological polar surface area (TPSA) is 87.1 Å². The number of methoxy groups -OCH3 is 2. The number of Topliss-reactive ketones (excluding diaryl/α,β-unsaturated/α-hetero) is 1.